The van der Waals surface area contributed by atoms with Crippen LogP contribution in [0.5, 0.6) is 0 Å². The molecule has 104 valence electrons. The van der Waals surface area contributed by atoms with Gasteiger partial charge in [-0.15, -0.1) is 11.3 Å². The lowest BCUT2D eigenvalue weighted by Crippen LogP contribution is -2.46. The van der Waals surface area contributed by atoms with Gasteiger partial charge in [-0.05, 0) is 12.1 Å². The highest BCUT2D eigenvalue weighted by Gasteiger charge is 2.17. The quantitative estimate of drug-likeness (QED) is 0.921. The SMILES string of the molecule is O=C(Cc1csc(-c2ccccn2)n1)N1CCNCC1. The van der Waals surface area contributed by atoms with Crippen LogP contribution in [0.1, 0.15) is 5.69 Å². The molecule has 0 aromatic carbocycles. The molecule has 1 amide bonds. The summed E-state index contributed by atoms with van der Waals surface area (Å²) in [7, 11) is 0. The Hall–Kier alpha value is -1.79. The van der Waals surface area contributed by atoms with Gasteiger partial charge in [-0.1, -0.05) is 6.07 Å². The van der Waals surface area contributed by atoms with E-state index in [0.29, 0.717) is 6.42 Å². The van der Waals surface area contributed by atoms with Crippen LogP contribution in [0.3, 0.4) is 0 Å². The van der Waals surface area contributed by atoms with Gasteiger partial charge < -0.3 is 10.2 Å². The van der Waals surface area contributed by atoms with Crippen LogP contribution in [0.15, 0.2) is 29.8 Å². The molecule has 0 unspecified atom stereocenters. The third-order valence-corrected chi connectivity index (χ3v) is 4.15. The Balaban J connectivity index is 1.66. The predicted octanol–water partition coefficient (Wildman–Crippen LogP) is 1.18. The average Bonchev–Trinajstić information content (AvgIpc) is 2.97. The molecule has 0 saturated carbocycles. The maximum atomic E-state index is 12.2. The van der Waals surface area contributed by atoms with Gasteiger partial charge >= 0.3 is 0 Å². The van der Waals surface area contributed by atoms with Crippen molar-refractivity contribution in [2.24, 2.45) is 0 Å². The number of hydrogen-bond donors (Lipinski definition) is 1. The molecule has 2 aromatic heterocycles. The van der Waals surface area contributed by atoms with Crippen LogP contribution in [0.2, 0.25) is 0 Å². The van der Waals surface area contributed by atoms with Crippen LogP contribution in [-0.2, 0) is 11.2 Å². The molecule has 0 atom stereocenters. The molecule has 1 aliphatic rings. The van der Waals surface area contributed by atoms with Crippen LogP contribution >= 0.6 is 11.3 Å². The highest BCUT2D eigenvalue weighted by Crippen LogP contribution is 2.21. The number of rotatable bonds is 3. The second kappa shape index (κ2) is 6.11. The van der Waals surface area contributed by atoms with E-state index in [1.807, 2.05) is 28.5 Å². The van der Waals surface area contributed by atoms with Crippen LogP contribution in [0, 0.1) is 0 Å². The van der Waals surface area contributed by atoms with Gasteiger partial charge in [0.1, 0.15) is 5.01 Å². The number of carbonyl (C=O) groups excluding carboxylic acids is 1. The number of piperazine rings is 1. The molecule has 0 spiro atoms. The number of aromatic nitrogens is 2. The first kappa shape index (κ1) is 13.2. The van der Waals surface area contributed by atoms with Crippen LogP contribution < -0.4 is 5.32 Å². The van der Waals surface area contributed by atoms with E-state index in [0.717, 1.165) is 42.6 Å². The number of pyridine rings is 1. The fourth-order valence-electron chi connectivity index (χ4n) is 2.18. The van der Waals surface area contributed by atoms with E-state index in [4.69, 9.17) is 0 Å². The molecular weight excluding hydrogens is 272 g/mol. The van der Waals surface area contributed by atoms with Crippen molar-refractivity contribution in [1.29, 1.82) is 0 Å². The first-order chi connectivity index (χ1) is 9.83. The molecule has 1 aliphatic heterocycles. The lowest BCUT2D eigenvalue weighted by Gasteiger charge is -2.27. The molecule has 6 heteroatoms. The smallest absolute Gasteiger partial charge is 0.228 e. The summed E-state index contributed by atoms with van der Waals surface area (Å²) in [5.74, 6) is 0.157. The second-order valence-corrected chi connectivity index (χ2v) is 5.52. The molecule has 1 fully saturated rings. The summed E-state index contributed by atoms with van der Waals surface area (Å²) in [5.41, 5.74) is 1.69. The highest BCUT2D eigenvalue weighted by molar-refractivity contribution is 7.13. The van der Waals surface area contributed by atoms with Crippen molar-refractivity contribution in [2.45, 2.75) is 6.42 Å². The topological polar surface area (TPSA) is 58.1 Å². The molecule has 5 nitrogen and oxygen atoms in total. The fraction of sp³-hybridized carbons (Fsp3) is 0.357. The lowest BCUT2D eigenvalue weighted by molar-refractivity contribution is -0.131. The number of hydrogen-bond acceptors (Lipinski definition) is 5. The standard InChI is InChI=1S/C14H16N4OS/c19-13(18-7-5-15-6-8-18)9-11-10-20-14(17-11)12-3-1-2-4-16-12/h1-4,10,15H,5-9H2. The zero-order valence-electron chi connectivity index (χ0n) is 11.1. The van der Waals surface area contributed by atoms with Gasteiger partial charge in [0.2, 0.25) is 5.91 Å². The van der Waals surface area contributed by atoms with E-state index in [1.54, 1.807) is 6.20 Å². The van der Waals surface area contributed by atoms with E-state index >= 15 is 0 Å². The summed E-state index contributed by atoms with van der Waals surface area (Å²) >= 11 is 1.53. The summed E-state index contributed by atoms with van der Waals surface area (Å²) in [5, 5.41) is 6.06. The molecule has 3 rings (SSSR count). The number of carbonyl (C=O) groups is 1. The zero-order chi connectivity index (χ0) is 13.8. The number of nitrogens with one attached hydrogen (secondary N) is 1. The normalized spacial score (nSPS) is 15.3. The largest absolute Gasteiger partial charge is 0.340 e. The molecule has 2 aromatic rings. The van der Waals surface area contributed by atoms with E-state index < -0.39 is 0 Å². The van der Waals surface area contributed by atoms with Gasteiger partial charge in [0, 0.05) is 37.8 Å². The molecule has 1 saturated heterocycles. The van der Waals surface area contributed by atoms with Gasteiger partial charge in [-0.2, -0.15) is 0 Å². The Morgan fingerprint density at radius 3 is 2.95 bits per heavy atom. The zero-order valence-corrected chi connectivity index (χ0v) is 11.9. The van der Waals surface area contributed by atoms with Crippen molar-refractivity contribution in [3.8, 4) is 10.7 Å². The molecule has 3 heterocycles. The summed E-state index contributed by atoms with van der Waals surface area (Å²) in [6, 6.07) is 5.75. The minimum Gasteiger partial charge on any atom is -0.340 e. The molecule has 20 heavy (non-hydrogen) atoms. The Morgan fingerprint density at radius 2 is 2.20 bits per heavy atom. The first-order valence-electron chi connectivity index (χ1n) is 6.67. The van der Waals surface area contributed by atoms with Gasteiger partial charge in [0.05, 0.1) is 17.8 Å². The fourth-order valence-corrected chi connectivity index (χ4v) is 2.97. The predicted molar refractivity (Wildman–Crippen MR) is 78.5 cm³/mol. The van der Waals surface area contributed by atoms with Gasteiger partial charge in [0.25, 0.3) is 0 Å². The van der Waals surface area contributed by atoms with Crippen molar-refractivity contribution >= 4 is 17.2 Å². The summed E-state index contributed by atoms with van der Waals surface area (Å²) < 4.78 is 0. The van der Waals surface area contributed by atoms with Crippen molar-refractivity contribution < 1.29 is 4.79 Å². The Labute approximate surface area is 121 Å². The summed E-state index contributed by atoms with van der Waals surface area (Å²) in [4.78, 5) is 22.8. The second-order valence-electron chi connectivity index (χ2n) is 4.67. The van der Waals surface area contributed by atoms with E-state index in [1.165, 1.54) is 11.3 Å². The molecule has 1 N–H and O–H groups in total. The molecule has 0 aliphatic carbocycles. The third-order valence-electron chi connectivity index (χ3n) is 3.24. The molecule has 0 bridgehead atoms. The van der Waals surface area contributed by atoms with Crippen molar-refractivity contribution in [3.05, 3.63) is 35.5 Å². The molecule has 0 radical (unpaired) electrons. The van der Waals surface area contributed by atoms with Crippen molar-refractivity contribution in [2.75, 3.05) is 26.2 Å². The van der Waals surface area contributed by atoms with Crippen LogP contribution in [-0.4, -0.2) is 47.0 Å². The van der Waals surface area contributed by atoms with Gasteiger partial charge in [-0.3, -0.25) is 9.78 Å². The highest BCUT2D eigenvalue weighted by atomic mass is 32.1. The third kappa shape index (κ3) is 3.02. The van der Waals surface area contributed by atoms with E-state index in [2.05, 4.69) is 15.3 Å². The van der Waals surface area contributed by atoms with E-state index in [9.17, 15) is 4.79 Å². The van der Waals surface area contributed by atoms with Gasteiger partial charge in [-0.25, -0.2) is 4.98 Å². The number of thiazole rings is 1. The van der Waals surface area contributed by atoms with E-state index in [-0.39, 0.29) is 5.91 Å². The monoisotopic (exact) mass is 288 g/mol. The van der Waals surface area contributed by atoms with Crippen molar-refractivity contribution in [3.63, 3.8) is 0 Å². The maximum absolute atomic E-state index is 12.2. The van der Waals surface area contributed by atoms with Crippen molar-refractivity contribution in [1.82, 2.24) is 20.2 Å². The first-order valence-corrected chi connectivity index (χ1v) is 7.55. The Bertz CT molecular complexity index is 578. The summed E-state index contributed by atoms with van der Waals surface area (Å²) in [6.45, 7) is 3.33. The minimum atomic E-state index is 0.157. The number of nitrogens with zero attached hydrogens (tertiary/aromatic N) is 3. The Kier molecular flexibility index (Phi) is 4.03. The average molecular weight is 288 g/mol. The lowest BCUT2D eigenvalue weighted by atomic mass is 10.2. The molecular formula is C14H16N4OS. The van der Waals surface area contributed by atoms with Crippen LogP contribution in [0.25, 0.3) is 10.7 Å². The minimum absolute atomic E-state index is 0.157. The summed E-state index contributed by atoms with van der Waals surface area (Å²) in [6.07, 6.45) is 2.13. The van der Waals surface area contributed by atoms with Gasteiger partial charge in [0.15, 0.2) is 0 Å². The number of amides is 1. The Morgan fingerprint density at radius 1 is 1.35 bits per heavy atom. The van der Waals surface area contributed by atoms with Crippen LogP contribution in [0.4, 0.5) is 0 Å². The maximum Gasteiger partial charge on any atom is 0.228 e.